The molecule has 1 aromatic carbocycles. The summed E-state index contributed by atoms with van der Waals surface area (Å²) in [6, 6.07) is 5.42. The molecular formula is C11H12BrF3N2O. The van der Waals surface area contributed by atoms with Crippen molar-refractivity contribution < 1.29 is 18.0 Å². The molecule has 1 aromatic rings. The van der Waals surface area contributed by atoms with Gasteiger partial charge in [-0.15, -0.1) is 0 Å². The van der Waals surface area contributed by atoms with Gasteiger partial charge in [-0.05, 0) is 40.5 Å². The maximum atomic E-state index is 11.8. The van der Waals surface area contributed by atoms with Gasteiger partial charge >= 0.3 is 6.18 Å². The zero-order valence-corrected chi connectivity index (χ0v) is 11.2. The van der Waals surface area contributed by atoms with E-state index < -0.39 is 18.6 Å². The molecule has 0 bridgehead atoms. The Morgan fingerprint density at radius 2 is 2.06 bits per heavy atom. The molecule has 0 atom stereocenters. The molecule has 3 nitrogen and oxygen atoms in total. The van der Waals surface area contributed by atoms with Gasteiger partial charge < -0.3 is 10.6 Å². The second-order valence-electron chi connectivity index (χ2n) is 3.73. The molecule has 1 rings (SSSR count). The number of hydrogen-bond donors (Lipinski definition) is 2. The first-order valence-corrected chi connectivity index (χ1v) is 5.91. The number of rotatable bonds is 4. The summed E-state index contributed by atoms with van der Waals surface area (Å²) in [5.74, 6) is -0.709. The third-order valence-corrected chi connectivity index (χ3v) is 2.71. The van der Waals surface area contributed by atoms with Crippen LogP contribution in [0.1, 0.15) is 5.56 Å². The molecule has 0 unspecified atom stereocenters. The predicted octanol–water partition coefficient (Wildman–Crippen LogP) is 2.85. The fourth-order valence-electron chi connectivity index (χ4n) is 1.20. The van der Waals surface area contributed by atoms with Crippen molar-refractivity contribution in [3.63, 3.8) is 0 Å². The standard InChI is InChI=1S/C11H12BrF3N2O/c1-7-2-3-9(8(12)4-7)16-5-10(18)17-6-11(13,14)15/h2-4,16H,5-6H2,1H3,(H,17,18). The third kappa shape index (κ3) is 5.39. The van der Waals surface area contributed by atoms with Gasteiger partial charge in [0, 0.05) is 10.2 Å². The molecular weight excluding hydrogens is 313 g/mol. The highest BCUT2D eigenvalue weighted by molar-refractivity contribution is 9.10. The monoisotopic (exact) mass is 324 g/mol. The quantitative estimate of drug-likeness (QED) is 0.894. The lowest BCUT2D eigenvalue weighted by Crippen LogP contribution is -2.37. The average Bonchev–Trinajstić information content (AvgIpc) is 2.24. The Labute approximate surface area is 111 Å². The highest BCUT2D eigenvalue weighted by Gasteiger charge is 2.27. The van der Waals surface area contributed by atoms with Gasteiger partial charge in [0.05, 0.1) is 6.54 Å². The van der Waals surface area contributed by atoms with E-state index in [-0.39, 0.29) is 6.54 Å². The van der Waals surface area contributed by atoms with Crippen molar-refractivity contribution in [1.29, 1.82) is 0 Å². The lowest BCUT2D eigenvalue weighted by atomic mass is 10.2. The van der Waals surface area contributed by atoms with E-state index in [1.807, 2.05) is 19.1 Å². The number of hydrogen-bond acceptors (Lipinski definition) is 2. The lowest BCUT2D eigenvalue weighted by molar-refractivity contribution is -0.137. The summed E-state index contributed by atoms with van der Waals surface area (Å²) in [4.78, 5) is 11.2. The zero-order chi connectivity index (χ0) is 13.8. The van der Waals surface area contributed by atoms with Gasteiger partial charge in [-0.2, -0.15) is 13.2 Å². The number of anilines is 1. The summed E-state index contributed by atoms with van der Waals surface area (Å²) in [7, 11) is 0. The van der Waals surface area contributed by atoms with Crippen LogP contribution in [-0.4, -0.2) is 25.2 Å². The Morgan fingerprint density at radius 1 is 1.39 bits per heavy atom. The normalized spacial score (nSPS) is 11.2. The van der Waals surface area contributed by atoms with E-state index in [4.69, 9.17) is 0 Å². The van der Waals surface area contributed by atoms with Crippen LogP contribution in [0.2, 0.25) is 0 Å². The van der Waals surface area contributed by atoms with Crippen LogP contribution in [0.4, 0.5) is 18.9 Å². The van der Waals surface area contributed by atoms with Crippen LogP contribution in [0.25, 0.3) is 0 Å². The molecule has 0 aliphatic carbocycles. The van der Waals surface area contributed by atoms with Crippen LogP contribution < -0.4 is 10.6 Å². The van der Waals surface area contributed by atoms with Crippen molar-refractivity contribution in [2.75, 3.05) is 18.4 Å². The van der Waals surface area contributed by atoms with E-state index in [0.29, 0.717) is 5.69 Å². The first-order chi connectivity index (χ1) is 8.28. The van der Waals surface area contributed by atoms with E-state index in [1.165, 1.54) is 0 Å². The van der Waals surface area contributed by atoms with Crippen molar-refractivity contribution in [1.82, 2.24) is 5.32 Å². The summed E-state index contributed by atoms with van der Waals surface area (Å²) in [6.45, 7) is 0.380. The topological polar surface area (TPSA) is 41.1 Å². The minimum absolute atomic E-state index is 0.211. The second-order valence-corrected chi connectivity index (χ2v) is 4.58. The van der Waals surface area contributed by atoms with E-state index >= 15 is 0 Å². The molecule has 0 fully saturated rings. The maximum Gasteiger partial charge on any atom is 0.405 e. The van der Waals surface area contributed by atoms with Gasteiger partial charge in [0.2, 0.25) is 5.91 Å². The highest BCUT2D eigenvalue weighted by atomic mass is 79.9. The summed E-state index contributed by atoms with van der Waals surface area (Å²) in [5, 5.41) is 4.53. The van der Waals surface area contributed by atoms with Gasteiger partial charge in [-0.3, -0.25) is 4.79 Å². The largest absolute Gasteiger partial charge is 0.405 e. The number of amides is 1. The van der Waals surface area contributed by atoms with Crippen LogP contribution in [0.15, 0.2) is 22.7 Å². The Balaban J connectivity index is 2.43. The van der Waals surface area contributed by atoms with E-state index in [0.717, 1.165) is 10.0 Å². The Hall–Kier alpha value is -1.24. The van der Waals surface area contributed by atoms with Crippen LogP contribution in [0, 0.1) is 6.92 Å². The number of carbonyl (C=O) groups is 1. The van der Waals surface area contributed by atoms with Crippen molar-refractivity contribution in [3.8, 4) is 0 Å². The molecule has 0 aliphatic rings. The van der Waals surface area contributed by atoms with Crippen molar-refractivity contribution in [3.05, 3.63) is 28.2 Å². The first kappa shape index (κ1) is 14.8. The SMILES string of the molecule is Cc1ccc(NCC(=O)NCC(F)(F)F)c(Br)c1. The predicted molar refractivity (Wildman–Crippen MR) is 66.4 cm³/mol. The molecule has 0 aromatic heterocycles. The van der Waals surface area contributed by atoms with Crippen LogP contribution in [0.5, 0.6) is 0 Å². The number of carbonyl (C=O) groups excluding carboxylic acids is 1. The molecule has 2 N–H and O–H groups in total. The summed E-state index contributed by atoms with van der Waals surface area (Å²) in [5.41, 5.74) is 1.69. The van der Waals surface area contributed by atoms with Gasteiger partial charge in [0.25, 0.3) is 0 Å². The van der Waals surface area contributed by atoms with Gasteiger partial charge in [0.1, 0.15) is 6.54 Å². The van der Waals surface area contributed by atoms with E-state index in [1.54, 1.807) is 11.4 Å². The average molecular weight is 325 g/mol. The maximum absolute atomic E-state index is 11.8. The number of nitrogens with one attached hydrogen (secondary N) is 2. The van der Waals surface area contributed by atoms with Gasteiger partial charge in [-0.1, -0.05) is 6.07 Å². The molecule has 100 valence electrons. The molecule has 0 radical (unpaired) electrons. The summed E-state index contributed by atoms with van der Waals surface area (Å²) >= 11 is 3.29. The molecule has 0 spiro atoms. The van der Waals surface area contributed by atoms with Crippen molar-refractivity contribution in [2.45, 2.75) is 13.1 Å². The second kappa shape index (κ2) is 6.08. The molecule has 7 heteroatoms. The van der Waals surface area contributed by atoms with Crippen LogP contribution >= 0.6 is 15.9 Å². The number of aryl methyl sites for hydroxylation is 1. The van der Waals surface area contributed by atoms with Gasteiger partial charge in [-0.25, -0.2) is 0 Å². The highest BCUT2D eigenvalue weighted by Crippen LogP contribution is 2.22. The first-order valence-electron chi connectivity index (χ1n) is 5.11. The van der Waals surface area contributed by atoms with Gasteiger partial charge in [0.15, 0.2) is 0 Å². The molecule has 0 aliphatic heterocycles. The lowest BCUT2D eigenvalue weighted by Gasteiger charge is -2.11. The number of alkyl halides is 3. The fourth-order valence-corrected chi connectivity index (χ4v) is 1.83. The summed E-state index contributed by atoms with van der Waals surface area (Å²) < 4.78 is 36.3. The van der Waals surface area contributed by atoms with Crippen LogP contribution in [-0.2, 0) is 4.79 Å². The molecule has 18 heavy (non-hydrogen) atoms. The fraction of sp³-hybridized carbons (Fsp3) is 0.364. The zero-order valence-electron chi connectivity index (χ0n) is 9.57. The molecule has 0 saturated carbocycles. The smallest absolute Gasteiger partial charge is 0.375 e. The Bertz CT molecular complexity index is 435. The third-order valence-electron chi connectivity index (χ3n) is 2.05. The Morgan fingerprint density at radius 3 is 2.61 bits per heavy atom. The molecule has 1 amide bonds. The van der Waals surface area contributed by atoms with E-state index in [2.05, 4.69) is 21.2 Å². The molecule has 0 heterocycles. The van der Waals surface area contributed by atoms with Crippen molar-refractivity contribution in [2.24, 2.45) is 0 Å². The van der Waals surface area contributed by atoms with Crippen molar-refractivity contribution >= 4 is 27.5 Å². The van der Waals surface area contributed by atoms with E-state index in [9.17, 15) is 18.0 Å². The number of halogens is 4. The Kier molecular flexibility index (Phi) is 5.01. The molecule has 0 saturated heterocycles. The number of benzene rings is 1. The minimum Gasteiger partial charge on any atom is -0.375 e. The summed E-state index contributed by atoms with van der Waals surface area (Å²) in [6.07, 6.45) is -4.39. The van der Waals surface area contributed by atoms with Crippen LogP contribution in [0.3, 0.4) is 0 Å². The minimum atomic E-state index is -4.39.